The van der Waals surface area contributed by atoms with Crippen molar-refractivity contribution < 1.29 is 19.0 Å². The highest BCUT2D eigenvalue weighted by atomic mass is 16.5. The van der Waals surface area contributed by atoms with Crippen molar-refractivity contribution in [2.24, 2.45) is 5.10 Å². The molecule has 2 aromatic heterocycles. The topological polar surface area (TPSA) is 99.1 Å². The molecule has 3 aromatic carbocycles. The number of phenolic OH excluding ortho intramolecular Hbond substituents is 1. The fourth-order valence-corrected chi connectivity index (χ4v) is 3.72. The predicted molar refractivity (Wildman–Crippen MR) is 130 cm³/mol. The van der Waals surface area contributed by atoms with E-state index in [1.165, 1.54) is 17.0 Å². The molecule has 0 amide bonds. The molecular weight excluding hydrogens is 434 g/mol. The van der Waals surface area contributed by atoms with Gasteiger partial charge in [-0.15, -0.1) is 0 Å². The molecule has 2 heterocycles. The molecule has 0 spiro atoms. The number of aromatic hydroxyl groups is 1. The van der Waals surface area contributed by atoms with Crippen LogP contribution in [0.15, 0.2) is 81.0 Å². The van der Waals surface area contributed by atoms with E-state index in [1.54, 1.807) is 43.5 Å². The maximum Gasteiger partial charge on any atom is 0.282 e. The number of aromatic nitrogens is 2. The van der Waals surface area contributed by atoms with Gasteiger partial charge in [-0.3, -0.25) is 4.79 Å². The summed E-state index contributed by atoms with van der Waals surface area (Å²) >= 11 is 0. The molecule has 8 heteroatoms. The molecule has 0 radical (unpaired) electrons. The third-order valence-electron chi connectivity index (χ3n) is 5.32. The fraction of sp³-hybridized carbons (Fsp3) is 0.115. The normalized spacial score (nSPS) is 11.5. The quantitative estimate of drug-likeness (QED) is 0.369. The molecule has 0 atom stereocenters. The summed E-state index contributed by atoms with van der Waals surface area (Å²) in [5, 5.41) is 15.6. The highest BCUT2D eigenvalue weighted by Gasteiger charge is 2.18. The number of benzene rings is 3. The van der Waals surface area contributed by atoms with Crippen LogP contribution in [0.5, 0.6) is 17.2 Å². The van der Waals surface area contributed by atoms with Crippen LogP contribution in [0.4, 0.5) is 0 Å². The Morgan fingerprint density at radius 3 is 2.74 bits per heavy atom. The van der Waals surface area contributed by atoms with Crippen molar-refractivity contribution in [2.75, 3.05) is 13.7 Å². The standard InChI is InChI=1S/C26H21N3O5/c1-3-33-23-13-16(11-12-20(23)30)15-27-29-25(28-19-8-5-4-7-17(19)26(29)31)24-14-18-21(32-2)9-6-10-22(18)34-24/h4-15,30H,3H2,1-2H3. The van der Waals surface area contributed by atoms with Crippen LogP contribution in [0.25, 0.3) is 33.5 Å². The van der Waals surface area contributed by atoms with Gasteiger partial charge in [0.1, 0.15) is 11.3 Å². The summed E-state index contributed by atoms with van der Waals surface area (Å²) in [6, 6.07) is 19.2. The van der Waals surface area contributed by atoms with Gasteiger partial charge in [0.15, 0.2) is 17.3 Å². The average Bonchev–Trinajstić information content (AvgIpc) is 3.30. The maximum atomic E-state index is 13.4. The Hall–Kier alpha value is -4.59. The van der Waals surface area contributed by atoms with Crippen LogP contribution in [0.3, 0.4) is 0 Å². The third kappa shape index (κ3) is 3.75. The van der Waals surface area contributed by atoms with Gasteiger partial charge in [0.2, 0.25) is 5.82 Å². The number of furan rings is 1. The molecule has 0 saturated heterocycles. The lowest BCUT2D eigenvalue weighted by atomic mass is 10.2. The zero-order valence-electron chi connectivity index (χ0n) is 18.6. The Labute approximate surface area is 194 Å². The lowest BCUT2D eigenvalue weighted by molar-refractivity contribution is 0.318. The minimum atomic E-state index is -0.340. The molecule has 0 bridgehead atoms. The fourth-order valence-electron chi connectivity index (χ4n) is 3.72. The van der Waals surface area contributed by atoms with Crippen molar-refractivity contribution in [2.45, 2.75) is 6.92 Å². The van der Waals surface area contributed by atoms with Crippen LogP contribution >= 0.6 is 0 Å². The summed E-state index contributed by atoms with van der Waals surface area (Å²) in [6.07, 6.45) is 1.51. The summed E-state index contributed by atoms with van der Waals surface area (Å²) in [4.78, 5) is 18.1. The maximum absolute atomic E-state index is 13.4. The number of methoxy groups -OCH3 is 1. The Bertz CT molecular complexity index is 1600. The van der Waals surface area contributed by atoms with E-state index in [1.807, 2.05) is 31.2 Å². The molecule has 0 fully saturated rings. The van der Waals surface area contributed by atoms with Crippen molar-refractivity contribution in [3.05, 3.63) is 82.6 Å². The van der Waals surface area contributed by atoms with Crippen LogP contribution in [-0.4, -0.2) is 34.7 Å². The van der Waals surface area contributed by atoms with Crippen molar-refractivity contribution in [1.29, 1.82) is 0 Å². The molecule has 34 heavy (non-hydrogen) atoms. The summed E-state index contributed by atoms with van der Waals surface area (Å²) in [6.45, 7) is 2.23. The third-order valence-corrected chi connectivity index (χ3v) is 5.32. The summed E-state index contributed by atoms with van der Waals surface area (Å²) in [5.74, 6) is 1.64. The van der Waals surface area contributed by atoms with Gasteiger partial charge >= 0.3 is 0 Å². The first kappa shape index (κ1) is 21.3. The Morgan fingerprint density at radius 1 is 1.06 bits per heavy atom. The number of hydrogen-bond donors (Lipinski definition) is 1. The minimum absolute atomic E-state index is 0.0282. The van der Waals surface area contributed by atoms with Gasteiger partial charge in [0, 0.05) is 0 Å². The average molecular weight is 455 g/mol. The van der Waals surface area contributed by atoms with Gasteiger partial charge in [-0.25, -0.2) is 4.98 Å². The molecule has 5 aromatic rings. The van der Waals surface area contributed by atoms with Crippen molar-refractivity contribution in [3.63, 3.8) is 0 Å². The van der Waals surface area contributed by atoms with E-state index in [-0.39, 0.29) is 17.1 Å². The Kier molecular flexibility index (Phi) is 5.47. The number of hydrogen-bond acceptors (Lipinski definition) is 7. The van der Waals surface area contributed by atoms with E-state index in [9.17, 15) is 9.90 Å². The SMILES string of the molecule is CCOc1cc(C=Nn2c(-c3cc4c(OC)cccc4o3)nc3ccccc3c2=O)ccc1O. The molecule has 0 aliphatic carbocycles. The van der Waals surface area contributed by atoms with E-state index in [0.29, 0.717) is 45.9 Å². The first-order valence-electron chi connectivity index (χ1n) is 10.7. The Morgan fingerprint density at radius 2 is 1.91 bits per heavy atom. The first-order chi connectivity index (χ1) is 16.6. The van der Waals surface area contributed by atoms with Crippen LogP contribution in [0, 0.1) is 0 Å². The monoisotopic (exact) mass is 455 g/mol. The summed E-state index contributed by atoms with van der Waals surface area (Å²) in [7, 11) is 1.59. The van der Waals surface area contributed by atoms with E-state index in [0.717, 1.165) is 5.39 Å². The van der Waals surface area contributed by atoms with Crippen molar-refractivity contribution in [1.82, 2.24) is 9.66 Å². The number of para-hydroxylation sites is 1. The minimum Gasteiger partial charge on any atom is -0.504 e. The van der Waals surface area contributed by atoms with E-state index < -0.39 is 0 Å². The molecule has 0 unspecified atom stereocenters. The smallest absolute Gasteiger partial charge is 0.282 e. The van der Waals surface area contributed by atoms with Crippen LogP contribution in [-0.2, 0) is 0 Å². The van der Waals surface area contributed by atoms with E-state index >= 15 is 0 Å². The van der Waals surface area contributed by atoms with Gasteiger partial charge in [0.05, 0.1) is 36.2 Å². The second kappa shape index (κ2) is 8.74. The molecule has 170 valence electrons. The number of ether oxygens (including phenoxy) is 2. The number of nitrogens with zero attached hydrogens (tertiary/aromatic N) is 3. The van der Waals surface area contributed by atoms with Gasteiger partial charge in [-0.1, -0.05) is 18.2 Å². The summed E-state index contributed by atoms with van der Waals surface area (Å²) < 4.78 is 18.1. The predicted octanol–water partition coefficient (Wildman–Crippen LogP) is 4.80. The van der Waals surface area contributed by atoms with Gasteiger partial charge in [-0.2, -0.15) is 9.78 Å². The zero-order chi connectivity index (χ0) is 23.7. The van der Waals surface area contributed by atoms with Crippen LogP contribution < -0.4 is 15.0 Å². The van der Waals surface area contributed by atoms with Crippen molar-refractivity contribution in [3.8, 4) is 28.8 Å². The first-order valence-corrected chi connectivity index (χ1v) is 10.7. The highest BCUT2D eigenvalue weighted by Crippen LogP contribution is 2.33. The van der Waals surface area contributed by atoms with Crippen molar-refractivity contribution >= 4 is 28.1 Å². The van der Waals surface area contributed by atoms with E-state index in [4.69, 9.17) is 13.9 Å². The lowest BCUT2D eigenvalue weighted by Crippen LogP contribution is -2.20. The number of rotatable bonds is 6. The molecule has 1 N–H and O–H groups in total. The van der Waals surface area contributed by atoms with E-state index in [2.05, 4.69) is 10.1 Å². The highest BCUT2D eigenvalue weighted by molar-refractivity contribution is 5.88. The van der Waals surface area contributed by atoms with Crippen LogP contribution in [0.1, 0.15) is 12.5 Å². The molecule has 0 aliphatic heterocycles. The van der Waals surface area contributed by atoms with Gasteiger partial charge < -0.3 is 19.0 Å². The van der Waals surface area contributed by atoms with Gasteiger partial charge in [0.25, 0.3) is 5.56 Å². The van der Waals surface area contributed by atoms with Crippen LogP contribution in [0.2, 0.25) is 0 Å². The number of phenols is 1. The molecule has 8 nitrogen and oxygen atoms in total. The molecule has 5 rings (SSSR count). The zero-order valence-corrected chi connectivity index (χ0v) is 18.6. The molecular formula is C26H21N3O5. The number of fused-ring (bicyclic) bond motifs is 2. The summed E-state index contributed by atoms with van der Waals surface area (Å²) in [5.41, 5.74) is 1.43. The Balaban J connectivity index is 1.69. The largest absolute Gasteiger partial charge is 0.504 e. The van der Waals surface area contributed by atoms with Gasteiger partial charge in [-0.05, 0) is 61.0 Å². The second-order valence-corrected chi connectivity index (χ2v) is 7.46. The lowest BCUT2D eigenvalue weighted by Gasteiger charge is -2.08. The molecule has 0 aliphatic rings. The second-order valence-electron chi connectivity index (χ2n) is 7.46. The molecule has 0 saturated carbocycles.